The number of hydrogen-bond donors (Lipinski definition) is 2. The van der Waals surface area contributed by atoms with E-state index in [2.05, 4.69) is 10.6 Å². The van der Waals surface area contributed by atoms with Gasteiger partial charge in [-0.1, -0.05) is 17.7 Å². The summed E-state index contributed by atoms with van der Waals surface area (Å²) in [7, 11) is 0. The molecule has 1 aromatic carbocycles. The highest BCUT2D eigenvalue weighted by atomic mass is 19.1. The number of hydrogen-bond acceptors (Lipinski definition) is 2. The molecule has 0 aromatic heterocycles. The van der Waals surface area contributed by atoms with Gasteiger partial charge < -0.3 is 10.6 Å². The molecule has 1 amide bonds. The Morgan fingerprint density at radius 3 is 2.89 bits per heavy atom. The zero-order chi connectivity index (χ0) is 13.8. The van der Waals surface area contributed by atoms with Gasteiger partial charge in [-0.05, 0) is 31.5 Å². The van der Waals surface area contributed by atoms with Crippen LogP contribution in [0.15, 0.2) is 23.8 Å². The van der Waals surface area contributed by atoms with Gasteiger partial charge in [-0.15, -0.1) is 0 Å². The molecule has 0 bridgehead atoms. The second kappa shape index (κ2) is 5.93. The Morgan fingerprint density at radius 1 is 1.42 bits per heavy atom. The van der Waals surface area contributed by atoms with Crippen LogP contribution >= 0.6 is 0 Å². The smallest absolute Gasteiger partial charge is 0.257 e. The van der Waals surface area contributed by atoms with Gasteiger partial charge in [0.25, 0.3) is 5.91 Å². The summed E-state index contributed by atoms with van der Waals surface area (Å²) in [6.07, 6.45) is 2.81. The van der Waals surface area contributed by atoms with Crippen LogP contribution in [0.2, 0.25) is 0 Å². The molecule has 1 aliphatic rings. The van der Waals surface area contributed by atoms with E-state index in [-0.39, 0.29) is 5.56 Å². The molecule has 0 atom stereocenters. The van der Waals surface area contributed by atoms with Gasteiger partial charge in [0.15, 0.2) is 0 Å². The third-order valence-corrected chi connectivity index (χ3v) is 3.15. The van der Waals surface area contributed by atoms with Crippen LogP contribution in [0.5, 0.6) is 0 Å². The molecule has 0 spiro atoms. The van der Waals surface area contributed by atoms with Crippen LogP contribution in [0.1, 0.15) is 22.3 Å². The highest BCUT2D eigenvalue weighted by Gasteiger charge is 2.19. The second-order valence-corrected chi connectivity index (χ2v) is 4.55. The monoisotopic (exact) mass is 266 g/mol. The molecule has 1 aromatic rings. The van der Waals surface area contributed by atoms with Crippen molar-refractivity contribution in [3.63, 3.8) is 0 Å². The molecule has 0 aliphatic carbocycles. The molecule has 19 heavy (non-hydrogen) atoms. The largest absolute Gasteiger partial charge is 0.348 e. The average molecular weight is 266 g/mol. The fourth-order valence-electron chi connectivity index (χ4n) is 1.98. The van der Waals surface area contributed by atoms with Crippen LogP contribution in [0.3, 0.4) is 0 Å². The molecule has 5 heteroatoms. The van der Waals surface area contributed by atoms with Crippen molar-refractivity contribution < 1.29 is 13.6 Å². The van der Waals surface area contributed by atoms with Gasteiger partial charge in [0, 0.05) is 13.1 Å². The minimum atomic E-state index is -0.833. The van der Waals surface area contributed by atoms with Gasteiger partial charge in [0.05, 0.1) is 0 Å². The summed E-state index contributed by atoms with van der Waals surface area (Å²) in [6, 6.07) is 2.42. The number of carbonyl (C=O) groups excluding carboxylic acids is 1. The zero-order valence-corrected chi connectivity index (χ0v) is 10.7. The first-order valence-corrected chi connectivity index (χ1v) is 6.21. The van der Waals surface area contributed by atoms with E-state index in [9.17, 15) is 13.6 Å². The zero-order valence-electron chi connectivity index (χ0n) is 10.7. The van der Waals surface area contributed by atoms with E-state index in [0.717, 1.165) is 31.1 Å². The van der Waals surface area contributed by atoms with Crippen molar-refractivity contribution in [2.75, 3.05) is 19.6 Å². The Morgan fingerprint density at radius 2 is 2.21 bits per heavy atom. The normalized spacial score (nSPS) is 15.0. The summed E-state index contributed by atoms with van der Waals surface area (Å²) < 4.78 is 27.3. The molecule has 0 saturated heterocycles. The standard InChI is InChI=1S/C14H16F2N2O/c1-9-2-3-11(15)12(13(9)16)14(19)18-8-10-4-6-17-7-5-10/h2-4,17H,5-8H2,1H3,(H,18,19). The summed E-state index contributed by atoms with van der Waals surface area (Å²) in [5, 5.41) is 5.71. The molecule has 2 N–H and O–H groups in total. The van der Waals surface area contributed by atoms with E-state index in [4.69, 9.17) is 0 Å². The molecule has 0 unspecified atom stereocenters. The Hall–Kier alpha value is -1.75. The first-order chi connectivity index (χ1) is 9.09. The van der Waals surface area contributed by atoms with Gasteiger partial charge in [-0.3, -0.25) is 4.79 Å². The molecule has 1 aliphatic heterocycles. The summed E-state index contributed by atoms with van der Waals surface area (Å²) >= 11 is 0. The van der Waals surface area contributed by atoms with Gasteiger partial charge in [0.1, 0.15) is 17.2 Å². The Labute approximate surface area is 110 Å². The van der Waals surface area contributed by atoms with Crippen molar-refractivity contribution in [2.45, 2.75) is 13.3 Å². The first-order valence-electron chi connectivity index (χ1n) is 6.21. The molecule has 0 radical (unpaired) electrons. The first kappa shape index (κ1) is 13.7. The fraction of sp³-hybridized carbons (Fsp3) is 0.357. The summed E-state index contributed by atoms with van der Waals surface area (Å²) in [4.78, 5) is 11.8. The summed E-state index contributed by atoms with van der Waals surface area (Å²) in [5.41, 5.74) is 0.822. The number of amides is 1. The Bertz CT molecular complexity index is 526. The summed E-state index contributed by atoms with van der Waals surface area (Å²) in [6.45, 7) is 3.45. The van der Waals surface area contributed by atoms with Crippen molar-refractivity contribution in [1.82, 2.24) is 10.6 Å². The molecular formula is C14H16F2N2O. The lowest BCUT2D eigenvalue weighted by Gasteiger charge is -2.15. The lowest BCUT2D eigenvalue weighted by atomic mass is 10.1. The van der Waals surface area contributed by atoms with Gasteiger partial charge in [-0.2, -0.15) is 0 Å². The maximum atomic E-state index is 13.8. The maximum Gasteiger partial charge on any atom is 0.257 e. The Kier molecular flexibility index (Phi) is 4.27. The van der Waals surface area contributed by atoms with Crippen LogP contribution in [0.4, 0.5) is 8.78 Å². The van der Waals surface area contributed by atoms with E-state index in [1.807, 2.05) is 6.08 Å². The quantitative estimate of drug-likeness (QED) is 0.821. The van der Waals surface area contributed by atoms with Gasteiger partial charge in [-0.25, -0.2) is 8.78 Å². The molecule has 0 saturated carbocycles. The van der Waals surface area contributed by atoms with E-state index < -0.39 is 23.1 Å². The van der Waals surface area contributed by atoms with Crippen molar-refractivity contribution in [3.8, 4) is 0 Å². The van der Waals surface area contributed by atoms with Crippen molar-refractivity contribution in [2.24, 2.45) is 0 Å². The van der Waals surface area contributed by atoms with E-state index in [1.54, 1.807) is 0 Å². The topological polar surface area (TPSA) is 41.1 Å². The number of rotatable bonds is 3. The van der Waals surface area contributed by atoms with Crippen LogP contribution < -0.4 is 10.6 Å². The third-order valence-electron chi connectivity index (χ3n) is 3.15. The summed E-state index contributed by atoms with van der Waals surface area (Å²) in [5.74, 6) is -2.34. The average Bonchev–Trinajstić information content (AvgIpc) is 2.42. The highest BCUT2D eigenvalue weighted by molar-refractivity contribution is 5.95. The fourth-order valence-corrected chi connectivity index (χ4v) is 1.98. The van der Waals surface area contributed by atoms with E-state index >= 15 is 0 Å². The molecule has 0 fully saturated rings. The third kappa shape index (κ3) is 3.17. The van der Waals surface area contributed by atoms with Crippen LogP contribution in [0, 0.1) is 18.6 Å². The van der Waals surface area contributed by atoms with Crippen molar-refractivity contribution >= 4 is 5.91 Å². The number of halogens is 2. The molecule has 1 heterocycles. The lowest BCUT2D eigenvalue weighted by Crippen LogP contribution is -2.30. The number of carbonyl (C=O) groups is 1. The maximum absolute atomic E-state index is 13.8. The minimum absolute atomic E-state index is 0.257. The number of nitrogens with one attached hydrogen (secondary N) is 2. The highest BCUT2D eigenvalue weighted by Crippen LogP contribution is 2.16. The predicted molar refractivity (Wildman–Crippen MR) is 69.0 cm³/mol. The van der Waals surface area contributed by atoms with E-state index in [1.165, 1.54) is 13.0 Å². The lowest BCUT2D eigenvalue weighted by molar-refractivity contribution is 0.0948. The minimum Gasteiger partial charge on any atom is -0.348 e. The van der Waals surface area contributed by atoms with Crippen LogP contribution in [0.25, 0.3) is 0 Å². The molecular weight excluding hydrogens is 250 g/mol. The molecule has 2 rings (SSSR count). The van der Waals surface area contributed by atoms with Gasteiger partial charge in [0.2, 0.25) is 0 Å². The second-order valence-electron chi connectivity index (χ2n) is 4.55. The van der Waals surface area contributed by atoms with Crippen molar-refractivity contribution in [3.05, 3.63) is 46.5 Å². The van der Waals surface area contributed by atoms with Crippen LogP contribution in [-0.4, -0.2) is 25.5 Å². The number of benzene rings is 1. The predicted octanol–water partition coefficient (Wildman–Crippen LogP) is 1.92. The SMILES string of the molecule is Cc1ccc(F)c(C(=O)NCC2=CCNCC2)c1F. The number of aryl methyl sites for hydroxylation is 1. The van der Waals surface area contributed by atoms with E-state index in [0.29, 0.717) is 6.54 Å². The molecule has 102 valence electrons. The molecule has 3 nitrogen and oxygen atoms in total. The van der Waals surface area contributed by atoms with Gasteiger partial charge >= 0.3 is 0 Å². The Balaban J connectivity index is 2.08. The van der Waals surface area contributed by atoms with Crippen molar-refractivity contribution in [1.29, 1.82) is 0 Å². The van der Waals surface area contributed by atoms with Crippen LogP contribution in [-0.2, 0) is 0 Å².